The van der Waals surface area contributed by atoms with E-state index in [-0.39, 0.29) is 0 Å². The van der Waals surface area contributed by atoms with Gasteiger partial charge >= 0.3 is 6.09 Å². The molecule has 1 aliphatic carbocycles. The Morgan fingerprint density at radius 2 is 2.00 bits per heavy atom. The standard InChI is InChI=1S/C16H18N2O2S/c17-15-14(12-8-4-5-9-13(12)21-15)20-16(19)18-10-11-6-2-1-3-7-11/h1-3,6-7H,4-5,8-10,17H2,(H,18,19). The number of aryl methyl sites for hydroxylation is 1. The summed E-state index contributed by atoms with van der Waals surface area (Å²) >= 11 is 1.55. The molecule has 3 rings (SSSR count). The summed E-state index contributed by atoms with van der Waals surface area (Å²) in [4.78, 5) is 13.2. The van der Waals surface area contributed by atoms with Gasteiger partial charge in [-0.3, -0.25) is 0 Å². The first-order valence-corrected chi connectivity index (χ1v) is 7.95. The minimum atomic E-state index is -0.447. The molecule has 0 spiro atoms. The summed E-state index contributed by atoms with van der Waals surface area (Å²) in [6.45, 7) is 0.450. The first-order valence-electron chi connectivity index (χ1n) is 7.13. The van der Waals surface area contributed by atoms with Crippen molar-refractivity contribution in [1.82, 2.24) is 5.32 Å². The van der Waals surface area contributed by atoms with Gasteiger partial charge in [0, 0.05) is 17.0 Å². The number of hydrogen-bond acceptors (Lipinski definition) is 4. The number of nitrogens with one attached hydrogen (secondary N) is 1. The molecule has 0 radical (unpaired) electrons. The largest absolute Gasteiger partial charge is 0.412 e. The Morgan fingerprint density at radius 1 is 1.24 bits per heavy atom. The van der Waals surface area contributed by atoms with Crippen molar-refractivity contribution < 1.29 is 9.53 Å². The van der Waals surface area contributed by atoms with Gasteiger partial charge in [0.05, 0.1) is 0 Å². The molecule has 1 amide bonds. The fraction of sp³-hybridized carbons (Fsp3) is 0.312. The van der Waals surface area contributed by atoms with Crippen LogP contribution < -0.4 is 15.8 Å². The number of nitrogens with two attached hydrogens (primary N) is 1. The minimum Gasteiger partial charge on any atom is -0.407 e. The van der Waals surface area contributed by atoms with Crippen molar-refractivity contribution in [1.29, 1.82) is 0 Å². The molecule has 0 bridgehead atoms. The van der Waals surface area contributed by atoms with E-state index in [1.807, 2.05) is 30.3 Å². The van der Waals surface area contributed by atoms with E-state index in [0.29, 0.717) is 17.3 Å². The second-order valence-electron chi connectivity index (χ2n) is 5.13. The topological polar surface area (TPSA) is 64.3 Å². The zero-order valence-electron chi connectivity index (χ0n) is 11.7. The quantitative estimate of drug-likeness (QED) is 0.912. The molecule has 0 fully saturated rings. The molecule has 0 unspecified atom stereocenters. The Bertz CT molecular complexity index is 637. The van der Waals surface area contributed by atoms with Gasteiger partial charge < -0.3 is 15.8 Å². The van der Waals surface area contributed by atoms with E-state index in [0.717, 1.165) is 30.4 Å². The van der Waals surface area contributed by atoms with Crippen molar-refractivity contribution in [3.63, 3.8) is 0 Å². The average molecular weight is 302 g/mol. The van der Waals surface area contributed by atoms with Crippen LogP contribution in [-0.2, 0) is 19.4 Å². The normalized spacial score (nSPS) is 13.5. The van der Waals surface area contributed by atoms with Gasteiger partial charge in [0.25, 0.3) is 0 Å². The smallest absolute Gasteiger partial charge is 0.407 e. The van der Waals surface area contributed by atoms with Gasteiger partial charge in [-0.05, 0) is 31.2 Å². The van der Waals surface area contributed by atoms with Crippen molar-refractivity contribution >= 4 is 22.4 Å². The number of rotatable bonds is 3. The average Bonchev–Trinajstić information content (AvgIpc) is 2.82. The van der Waals surface area contributed by atoms with Gasteiger partial charge in [0.15, 0.2) is 5.75 Å². The van der Waals surface area contributed by atoms with Crippen LogP contribution >= 0.6 is 11.3 Å². The Labute approximate surface area is 127 Å². The van der Waals surface area contributed by atoms with Crippen LogP contribution in [0.2, 0.25) is 0 Å². The number of thiophene rings is 1. The number of carbonyl (C=O) groups is 1. The molecule has 1 heterocycles. The van der Waals surface area contributed by atoms with Gasteiger partial charge in [-0.15, -0.1) is 11.3 Å². The van der Waals surface area contributed by atoms with Crippen LogP contribution in [0.15, 0.2) is 30.3 Å². The van der Waals surface area contributed by atoms with E-state index >= 15 is 0 Å². The lowest BCUT2D eigenvalue weighted by atomic mass is 9.99. The summed E-state index contributed by atoms with van der Waals surface area (Å²) in [5.74, 6) is 0.570. The summed E-state index contributed by atoms with van der Waals surface area (Å²) in [6, 6.07) is 9.74. The van der Waals surface area contributed by atoms with Crippen molar-refractivity contribution in [2.24, 2.45) is 0 Å². The molecule has 1 aliphatic rings. The van der Waals surface area contributed by atoms with Crippen LogP contribution in [0.5, 0.6) is 5.75 Å². The predicted molar refractivity (Wildman–Crippen MR) is 84.7 cm³/mol. The van der Waals surface area contributed by atoms with Crippen LogP contribution in [0.1, 0.15) is 28.8 Å². The summed E-state index contributed by atoms with van der Waals surface area (Å²) in [5.41, 5.74) is 8.15. The minimum absolute atomic E-state index is 0.447. The molecule has 0 atom stereocenters. The number of anilines is 1. The first kappa shape index (κ1) is 13.9. The number of hydrogen-bond donors (Lipinski definition) is 2. The van der Waals surface area contributed by atoms with Gasteiger partial charge in [-0.25, -0.2) is 4.79 Å². The number of carbonyl (C=O) groups excluding carboxylic acids is 1. The number of fused-ring (bicyclic) bond motifs is 1. The first-order chi connectivity index (χ1) is 10.2. The van der Waals surface area contributed by atoms with E-state index in [9.17, 15) is 4.79 Å². The maximum absolute atomic E-state index is 11.9. The third-order valence-electron chi connectivity index (χ3n) is 3.62. The van der Waals surface area contributed by atoms with E-state index < -0.39 is 6.09 Å². The fourth-order valence-corrected chi connectivity index (χ4v) is 3.66. The number of ether oxygens (including phenoxy) is 1. The lowest BCUT2D eigenvalue weighted by Gasteiger charge is -2.13. The van der Waals surface area contributed by atoms with E-state index in [4.69, 9.17) is 10.5 Å². The highest BCUT2D eigenvalue weighted by molar-refractivity contribution is 7.16. The number of amides is 1. The molecule has 1 aromatic heterocycles. The van der Waals surface area contributed by atoms with Crippen LogP contribution in [0.4, 0.5) is 9.80 Å². The second-order valence-corrected chi connectivity index (χ2v) is 6.27. The highest BCUT2D eigenvalue weighted by Gasteiger charge is 2.22. The molecule has 0 saturated heterocycles. The maximum atomic E-state index is 11.9. The second kappa shape index (κ2) is 6.18. The van der Waals surface area contributed by atoms with E-state index in [2.05, 4.69) is 5.32 Å². The van der Waals surface area contributed by atoms with Crippen molar-refractivity contribution in [3.05, 3.63) is 46.3 Å². The molecule has 110 valence electrons. The molecule has 4 nitrogen and oxygen atoms in total. The molecule has 1 aromatic carbocycles. The number of benzene rings is 1. The molecule has 0 aliphatic heterocycles. The Morgan fingerprint density at radius 3 is 2.81 bits per heavy atom. The monoisotopic (exact) mass is 302 g/mol. The van der Waals surface area contributed by atoms with Crippen LogP contribution in [0.3, 0.4) is 0 Å². The summed E-state index contributed by atoms with van der Waals surface area (Å²) in [6.07, 6.45) is 3.86. The van der Waals surface area contributed by atoms with Crippen molar-refractivity contribution in [2.45, 2.75) is 32.2 Å². The van der Waals surface area contributed by atoms with Crippen LogP contribution in [-0.4, -0.2) is 6.09 Å². The molecule has 0 saturated carbocycles. The van der Waals surface area contributed by atoms with Crippen molar-refractivity contribution in [2.75, 3.05) is 5.73 Å². The Balaban J connectivity index is 1.64. The van der Waals surface area contributed by atoms with Gasteiger partial charge in [0.1, 0.15) is 5.00 Å². The third kappa shape index (κ3) is 3.19. The Kier molecular flexibility index (Phi) is 4.10. The van der Waals surface area contributed by atoms with Gasteiger partial charge in [-0.1, -0.05) is 30.3 Å². The zero-order valence-corrected chi connectivity index (χ0v) is 12.5. The summed E-state index contributed by atoms with van der Waals surface area (Å²) in [5, 5.41) is 3.37. The molecule has 21 heavy (non-hydrogen) atoms. The zero-order chi connectivity index (χ0) is 14.7. The van der Waals surface area contributed by atoms with Gasteiger partial charge in [-0.2, -0.15) is 0 Å². The summed E-state index contributed by atoms with van der Waals surface area (Å²) < 4.78 is 5.44. The molecule has 2 aromatic rings. The van der Waals surface area contributed by atoms with Gasteiger partial charge in [0.2, 0.25) is 0 Å². The van der Waals surface area contributed by atoms with Crippen molar-refractivity contribution in [3.8, 4) is 5.75 Å². The lowest BCUT2D eigenvalue weighted by Crippen LogP contribution is -2.26. The predicted octanol–water partition coefficient (Wildman–Crippen LogP) is 3.50. The van der Waals surface area contributed by atoms with E-state index in [1.165, 1.54) is 11.3 Å². The Hall–Kier alpha value is -2.01. The van der Waals surface area contributed by atoms with E-state index in [1.54, 1.807) is 11.3 Å². The lowest BCUT2D eigenvalue weighted by molar-refractivity contribution is 0.200. The summed E-state index contributed by atoms with van der Waals surface area (Å²) in [7, 11) is 0. The highest BCUT2D eigenvalue weighted by Crippen LogP contribution is 2.41. The molecular weight excluding hydrogens is 284 g/mol. The van der Waals surface area contributed by atoms with Crippen LogP contribution in [0.25, 0.3) is 0 Å². The molecular formula is C16H18N2O2S. The SMILES string of the molecule is Nc1sc2c(c1OC(=O)NCc1ccccc1)CCCC2. The number of nitrogen functional groups attached to an aromatic ring is 1. The highest BCUT2D eigenvalue weighted by atomic mass is 32.1. The fourth-order valence-electron chi connectivity index (χ4n) is 2.57. The molecule has 3 N–H and O–H groups in total. The maximum Gasteiger partial charge on any atom is 0.412 e. The van der Waals surface area contributed by atoms with Crippen LogP contribution in [0, 0.1) is 0 Å². The molecule has 5 heteroatoms. The third-order valence-corrected chi connectivity index (χ3v) is 4.72.